The monoisotopic (exact) mass is 480 g/mol. The van der Waals surface area contributed by atoms with Gasteiger partial charge in [0.15, 0.2) is 0 Å². The number of nitrogens with zero attached hydrogens (tertiary/aromatic N) is 1. The van der Waals surface area contributed by atoms with E-state index in [1.165, 1.54) is 4.90 Å². The van der Waals surface area contributed by atoms with Crippen molar-refractivity contribution in [3.05, 3.63) is 59.7 Å². The summed E-state index contributed by atoms with van der Waals surface area (Å²) in [7, 11) is 0. The van der Waals surface area contributed by atoms with Gasteiger partial charge in [0.1, 0.15) is 12.6 Å². The predicted octanol–water partition coefficient (Wildman–Crippen LogP) is 3.38. The first-order valence-electron chi connectivity index (χ1n) is 11.9. The molecule has 1 saturated heterocycles. The second-order valence-corrected chi connectivity index (χ2v) is 10.4. The summed E-state index contributed by atoms with van der Waals surface area (Å²) in [5, 5.41) is 22.1. The van der Waals surface area contributed by atoms with E-state index in [1.54, 1.807) is 0 Å². The van der Waals surface area contributed by atoms with E-state index in [2.05, 4.69) is 17.4 Å². The molecule has 1 fully saturated rings. The number of amides is 2. The van der Waals surface area contributed by atoms with Crippen LogP contribution in [0.3, 0.4) is 0 Å². The van der Waals surface area contributed by atoms with Gasteiger partial charge in [-0.15, -0.1) is 0 Å². The fraction of sp³-hybridized carbons (Fsp3) is 0.444. The van der Waals surface area contributed by atoms with Gasteiger partial charge in [-0.3, -0.25) is 4.79 Å². The van der Waals surface area contributed by atoms with Crippen LogP contribution in [-0.2, 0) is 14.3 Å². The molecular weight excluding hydrogens is 448 g/mol. The number of aliphatic carboxylic acids is 1. The Bertz CT molecular complexity index is 1080. The van der Waals surface area contributed by atoms with Gasteiger partial charge in [-0.05, 0) is 27.7 Å². The molecule has 0 aromatic heterocycles. The molecule has 3 N–H and O–H groups in total. The van der Waals surface area contributed by atoms with Crippen molar-refractivity contribution in [3.63, 3.8) is 0 Å². The number of alkyl carbamates (subject to hydrolysis) is 1. The number of hydrogen-bond acceptors (Lipinski definition) is 5. The Morgan fingerprint density at radius 3 is 2.17 bits per heavy atom. The van der Waals surface area contributed by atoms with Crippen LogP contribution in [0.15, 0.2) is 48.5 Å². The molecule has 3 atom stereocenters. The van der Waals surface area contributed by atoms with Crippen LogP contribution in [0.2, 0.25) is 0 Å². The maximum absolute atomic E-state index is 12.9. The van der Waals surface area contributed by atoms with Crippen LogP contribution in [0, 0.1) is 5.41 Å². The number of carbonyl (C=O) groups is 3. The second kappa shape index (κ2) is 9.70. The zero-order valence-corrected chi connectivity index (χ0v) is 20.2. The van der Waals surface area contributed by atoms with Gasteiger partial charge in [-0.1, -0.05) is 69.3 Å². The first-order valence-corrected chi connectivity index (χ1v) is 11.9. The average molecular weight is 481 g/mol. The third-order valence-electron chi connectivity index (χ3n) is 6.94. The summed E-state index contributed by atoms with van der Waals surface area (Å²) in [5.41, 5.74) is 4.00. The lowest BCUT2D eigenvalue weighted by Gasteiger charge is -2.33. The summed E-state index contributed by atoms with van der Waals surface area (Å²) in [4.78, 5) is 38.5. The van der Waals surface area contributed by atoms with E-state index in [9.17, 15) is 24.6 Å². The van der Waals surface area contributed by atoms with E-state index in [-0.39, 0.29) is 31.9 Å². The number of benzene rings is 2. The topological polar surface area (TPSA) is 116 Å². The average Bonchev–Trinajstić information content (AvgIpc) is 3.35. The molecule has 186 valence electrons. The minimum absolute atomic E-state index is 0.00106. The van der Waals surface area contributed by atoms with Crippen molar-refractivity contribution in [2.45, 2.75) is 57.7 Å². The van der Waals surface area contributed by atoms with Gasteiger partial charge in [0, 0.05) is 31.3 Å². The second-order valence-electron chi connectivity index (χ2n) is 10.4. The molecule has 1 heterocycles. The largest absolute Gasteiger partial charge is 0.480 e. The molecule has 0 spiro atoms. The molecule has 0 bridgehead atoms. The number of rotatable bonds is 6. The number of carboxylic acid groups (broad SMARTS) is 1. The van der Waals surface area contributed by atoms with Crippen molar-refractivity contribution in [2.75, 3.05) is 13.2 Å². The molecule has 2 amide bonds. The first kappa shape index (κ1) is 24.7. The van der Waals surface area contributed by atoms with Crippen LogP contribution >= 0.6 is 0 Å². The molecule has 1 unspecified atom stereocenters. The number of aliphatic hydroxyl groups is 1. The van der Waals surface area contributed by atoms with Crippen LogP contribution in [0.5, 0.6) is 0 Å². The Balaban J connectivity index is 1.42. The number of aliphatic hydroxyl groups excluding tert-OH is 1. The molecule has 8 heteroatoms. The highest BCUT2D eigenvalue weighted by Crippen LogP contribution is 2.44. The van der Waals surface area contributed by atoms with Crippen molar-refractivity contribution in [2.24, 2.45) is 5.41 Å². The Hall–Kier alpha value is -3.39. The number of fused-ring (bicyclic) bond motifs is 3. The van der Waals surface area contributed by atoms with Crippen molar-refractivity contribution >= 4 is 18.0 Å². The summed E-state index contributed by atoms with van der Waals surface area (Å²) in [5.74, 6) is -1.65. The molecule has 8 nitrogen and oxygen atoms in total. The van der Waals surface area contributed by atoms with Crippen LogP contribution in [0.4, 0.5) is 4.79 Å². The number of hydrogen-bond donors (Lipinski definition) is 3. The number of carbonyl (C=O) groups excluding carboxylic acids is 2. The van der Waals surface area contributed by atoms with E-state index in [1.807, 2.05) is 57.2 Å². The standard InChI is InChI=1S/C27H32N2O6/c1-27(2,3)23(13-24(31)29-14-16(30)12-22(29)25(32)33)28-26(34)35-15-21-19-10-6-4-8-17(19)18-9-5-7-11-20(18)21/h4-11,16,21-23,30H,12-15H2,1-3H3,(H,28,34)(H,32,33)/t16-,22+,23?/m1/s1. The van der Waals surface area contributed by atoms with Crippen molar-refractivity contribution in [1.29, 1.82) is 0 Å². The molecule has 2 aromatic rings. The minimum atomic E-state index is -1.15. The molecule has 0 saturated carbocycles. The van der Waals surface area contributed by atoms with Crippen molar-refractivity contribution in [1.82, 2.24) is 10.2 Å². The molecule has 35 heavy (non-hydrogen) atoms. The molecule has 1 aliphatic carbocycles. The SMILES string of the molecule is CC(C)(C)C(CC(=O)N1C[C@H](O)C[C@H]1C(=O)O)NC(=O)OCC1c2ccccc2-c2ccccc21. The summed E-state index contributed by atoms with van der Waals surface area (Å²) >= 11 is 0. The lowest BCUT2D eigenvalue weighted by Crippen LogP contribution is -2.49. The number of nitrogens with one attached hydrogen (secondary N) is 1. The zero-order chi connectivity index (χ0) is 25.3. The number of ether oxygens (including phenoxy) is 1. The Morgan fingerprint density at radius 1 is 1.06 bits per heavy atom. The van der Waals surface area contributed by atoms with Gasteiger partial charge in [0.05, 0.1) is 6.10 Å². The lowest BCUT2D eigenvalue weighted by atomic mass is 9.84. The summed E-state index contributed by atoms with van der Waals surface area (Å²) in [6.07, 6.45) is -1.59. The van der Waals surface area contributed by atoms with Gasteiger partial charge in [0.2, 0.25) is 5.91 Å². The smallest absolute Gasteiger partial charge is 0.407 e. The number of β-amino-alcohol motifs (C(OH)–C–C–N with tert-alkyl or cyclic N) is 1. The molecule has 2 aromatic carbocycles. The van der Waals surface area contributed by atoms with Gasteiger partial charge >= 0.3 is 12.1 Å². The third kappa shape index (κ3) is 5.17. The highest BCUT2D eigenvalue weighted by Gasteiger charge is 2.41. The number of carboxylic acids is 1. The lowest BCUT2D eigenvalue weighted by molar-refractivity contribution is -0.148. The van der Waals surface area contributed by atoms with Gasteiger partial charge in [-0.2, -0.15) is 0 Å². The van der Waals surface area contributed by atoms with Crippen molar-refractivity contribution < 1.29 is 29.3 Å². The summed E-state index contributed by atoms with van der Waals surface area (Å²) < 4.78 is 5.64. The van der Waals surface area contributed by atoms with Crippen LogP contribution in [0.1, 0.15) is 50.7 Å². The van der Waals surface area contributed by atoms with Gasteiger partial charge < -0.3 is 25.2 Å². The zero-order valence-electron chi connectivity index (χ0n) is 20.2. The maximum Gasteiger partial charge on any atom is 0.407 e. The fourth-order valence-corrected chi connectivity index (χ4v) is 4.97. The molecule has 1 aliphatic heterocycles. The fourth-order valence-electron chi connectivity index (χ4n) is 4.97. The van der Waals surface area contributed by atoms with Crippen molar-refractivity contribution in [3.8, 4) is 11.1 Å². The van der Waals surface area contributed by atoms with Crippen LogP contribution < -0.4 is 5.32 Å². The van der Waals surface area contributed by atoms with E-state index < -0.39 is 41.6 Å². The third-order valence-corrected chi connectivity index (χ3v) is 6.94. The molecule has 4 rings (SSSR count). The minimum Gasteiger partial charge on any atom is -0.480 e. The van der Waals surface area contributed by atoms with Gasteiger partial charge in [-0.25, -0.2) is 9.59 Å². The van der Waals surface area contributed by atoms with E-state index in [0.717, 1.165) is 22.3 Å². The predicted molar refractivity (Wildman–Crippen MR) is 130 cm³/mol. The van der Waals surface area contributed by atoms with E-state index in [4.69, 9.17) is 4.74 Å². The normalized spacial score (nSPS) is 20.2. The summed E-state index contributed by atoms with van der Waals surface area (Å²) in [6.45, 7) is 5.80. The molecule has 2 aliphatic rings. The maximum atomic E-state index is 12.9. The molecular formula is C27H32N2O6. The first-order chi connectivity index (χ1) is 16.6. The Kier molecular flexibility index (Phi) is 6.85. The van der Waals surface area contributed by atoms with Crippen LogP contribution in [-0.4, -0.2) is 64.4 Å². The molecule has 0 radical (unpaired) electrons. The Labute approximate surface area is 204 Å². The summed E-state index contributed by atoms with van der Waals surface area (Å²) in [6, 6.07) is 14.5. The quantitative estimate of drug-likeness (QED) is 0.584. The Morgan fingerprint density at radius 2 is 1.63 bits per heavy atom. The van der Waals surface area contributed by atoms with Crippen LogP contribution in [0.25, 0.3) is 11.1 Å². The van der Waals surface area contributed by atoms with Gasteiger partial charge in [0.25, 0.3) is 0 Å². The highest BCUT2D eigenvalue weighted by molar-refractivity contribution is 5.85. The highest BCUT2D eigenvalue weighted by atomic mass is 16.5. The van der Waals surface area contributed by atoms with E-state index >= 15 is 0 Å². The number of likely N-dealkylation sites (tertiary alicyclic amines) is 1. The van der Waals surface area contributed by atoms with E-state index in [0.29, 0.717) is 0 Å².